The van der Waals surface area contributed by atoms with Crippen LogP contribution in [0.4, 0.5) is 4.39 Å². The number of aromatic nitrogens is 1. The van der Waals surface area contributed by atoms with Crippen LogP contribution in [0, 0.1) is 11.9 Å². The van der Waals surface area contributed by atoms with E-state index in [1.54, 1.807) is 6.92 Å². The number of rotatable bonds is 2. The van der Waals surface area contributed by atoms with Gasteiger partial charge in [0.15, 0.2) is 9.84 Å². The molecule has 0 aromatic carbocycles. The van der Waals surface area contributed by atoms with Crippen molar-refractivity contribution in [2.45, 2.75) is 18.9 Å². The zero-order chi connectivity index (χ0) is 14.3. The minimum Gasteiger partial charge on any atom is -0.373 e. The Bertz CT molecular complexity index is 593. The molecular formula is C12H15ClFNO3S. The molecule has 4 nitrogen and oxygen atoms in total. The van der Waals surface area contributed by atoms with E-state index in [-0.39, 0.29) is 29.4 Å². The van der Waals surface area contributed by atoms with E-state index in [9.17, 15) is 12.8 Å². The first kappa shape index (κ1) is 14.7. The van der Waals surface area contributed by atoms with E-state index < -0.39 is 21.4 Å². The minimum atomic E-state index is -3.10. The zero-order valence-corrected chi connectivity index (χ0v) is 12.3. The number of nitrogens with zero attached hydrogens (tertiary/aromatic N) is 1. The number of hydrogen-bond donors (Lipinski definition) is 0. The van der Waals surface area contributed by atoms with Crippen molar-refractivity contribution >= 4 is 21.4 Å². The molecule has 1 aromatic rings. The summed E-state index contributed by atoms with van der Waals surface area (Å²) in [5.41, 5.74) is -0.766. The molecule has 0 saturated carbocycles. The molecule has 0 spiro atoms. The maximum Gasteiger partial charge on any atom is 0.219 e. The molecule has 1 aliphatic heterocycles. The highest BCUT2D eigenvalue weighted by Gasteiger charge is 2.46. The molecule has 2 heterocycles. The lowest BCUT2D eigenvalue weighted by Gasteiger charge is -2.41. The summed E-state index contributed by atoms with van der Waals surface area (Å²) in [6, 6.07) is 1.46. The number of ether oxygens (including phenoxy) is 1. The van der Waals surface area contributed by atoms with Crippen LogP contribution in [0.1, 0.15) is 18.9 Å². The summed E-state index contributed by atoms with van der Waals surface area (Å²) in [6.07, 6.45) is 1.42. The van der Waals surface area contributed by atoms with Gasteiger partial charge in [0.2, 0.25) is 5.95 Å². The molecule has 0 aliphatic carbocycles. The lowest BCUT2D eigenvalue weighted by Crippen LogP contribution is -2.46. The van der Waals surface area contributed by atoms with E-state index in [4.69, 9.17) is 16.3 Å². The fourth-order valence-electron chi connectivity index (χ4n) is 2.69. The SMILES string of the molecule is CO[C@]1(c2cc(Cl)cnc2F)CCS(=O)(=O)C[C@H]1C. The molecule has 0 unspecified atom stereocenters. The van der Waals surface area contributed by atoms with E-state index in [1.807, 2.05) is 0 Å². The van der Waals surface area contributed by atoms with Crippen molar-refractivity contribution in [3.63, 3.8) is 0 Å². The molecule has 1 saturated heterocycles. The summed E-state index contributed by atoms with van der Waals surface area (Å²) in [6.45, 7) is 1.74. The van der Waals surface area contributed by atoms with Crippen molar-refractivity contribution < 1.29 is 17.5 Å². The van der Waals surface area contributed by atoms with Crippen LogP contribution in [0.15, 0.2) is 12.3 Å². The first-order valence-electron chi connectivity index (χ1n) is 5.88. The Morgan fingerprint density at radius 3 is 2.84 bits per heavy atom. The smallest absolute Gasteiger partial charge is 0.219 e. The molecule has 19 heavy (non-hydrogen) atoms. The molecular weight excluding hydrogens is 293 g/mol. The van der Waals surface area contributed by atoms with E-state index in [0.29, 0.717) is 5.02 Å². The molecule has 7 heteroatoms. The fraction of sp³-hybridized carbons (Fsp3) is 0.583. The van der Waals surface area contributed by atoms with Crippen LogP contribution in [0.3, 0.4) is 0 Å². The topological polar surface area (TPSA) is 56.3 Å². The van der Waals surface area contributed by atoms with Gasteiger partial charge in [-0.3, -0.25) is 0 Å². The highest BCUT2D eigenvalue weighted by molar-refractivity contribution is 7.91. The highest BCUT2D eigenvalue weighted by Crippen LogP contribution is 2.42. The van der Waals surface area contributed by atoms with Crippen LogP contribution in [0.25, 0.3) is 0 Å². The Kier molecular flexibility index (Phi) is 3.86. The molecule has 106 valence electrons. The van der Waals surface area contributed by atoms with Crippen LogP contribution < -0.4 is 0 Å². The van der Waals surface area contributed by atoms with Gasteiger partial charge in [-0.25, -0.2) is 13.4 Å². The third-order valence-electron chi connectivity index (χ3n) is 3.71. The van der Waals surface area contributed by atoms with Crippen molar-refractivity contribution in [2.75, 3.05) is 18.6 Å². The van der Waals surface area contributed by atoms with Crippen molar-refractivity contribution in [3.8, 4) is 0 Å². The average molecular weight is 308 g/mol. The number of hydrogen-bond acceptors (Lipinski definition) is 4. The van der Waals surface area contributed by atoms with Gasteiger partial charge >= 0.3 is 0 Å². The predicted molar refractivity (Wildman–Crippen MR) is 70.3 cm³/mol. The van der Waals surface area contributed by atoms with Gasteiger partial charge in [0.1, 0.15) is 5.60 Å². The average Bonchev–Trinajstić information content (AvgIpc) is 2.33. The molecule has 2 rings (SSSR count). The van der Waals surface area contributed by atoms with E-state index >= 15 is 0 Å². The summed E-state index contributed by atoms with van der Waals surface area (Å²) < 4.78 is 42.8. The first-order chi connectivity index (χ1) is 8.81. The van der Waals surface area contributed by atoms with Gasteiger partial charge in [0.05, 0.1) is 16.5 Å². The lowest BCUT2D eigenvalue weighted by molar-refractivity contribution is -0.0614. The standard InChI is InChI=1S/C12H15ClFNO3S/c1-8-7-19(16,17)4-3-12(8,18-2)10-5-9(13)6-15-11(10)14/h5-6,8H,3-4,7H2,1-2H3/t8-,12-/m1/s1. The Hall–Kier alpha value is -0.720. The second-order valence-corrected chi connectivity index (χ2v) is 7.52. The molecule has 1 aliphatic rings. The second kappa shape index (κ2) is 5.00. The number of halogens is 2. The van der Waals surface area contributed by atoms with Gasteiger partial charge < -0.3 is 4.74 Å². The van der Waals surface area contributed by atoms with Gasteiger partial charge in [-0.15, -0.1) is 0 Å². The number of sulfone groups is 1. The molecule has 0 bridgehead atoms. The zero-order valence-electron chi connectivity index (χ0n) is 10.7. The highest BCUT2D eigenvalue weighted by atomic mass is 35.5. The largest absolute Gasteiger partial charge is 0.373 e. The molecule has 0 radical (unpaired) electrons. The third-order valence-corrected chi connectivity index (χ3v) is 5.75. The Morgan fingerprint density at radius 1 is 1.58 bits per heavy atom. The van der Waals surface area contributed by atoms with Gasteiger partial charge in [-0.1, -0.05) is 18.5 Å². The molecule has 2 atom stereocenters. The van der Waals surface area contributed by atoms with Crippen LogP contribution in [-0.2, 0) is 20.2 Å². The van der Waals surface area contributed by atoms with Crippen LogP contribution in [0.5, 0.6) is 0 Å². The fourth-order valence-corrected chi connectivity index (χ4v) is 4.65. The van der Waals surface area contributed by atoms with Gasteiger partial charge in [0.25, 0.3) is 0 Å². The molecule has 1 aromatic heterocycles. The minimum absolute atomic E-state index is 0.0306. The van der Waals surface area contributed by atoms with Crippen molar-refractivity contribution in [2.24, 2.45) is 5.92 Å². The van der Waals surface area contributed by atoms with Crippen molar-refractivity contribution in [1.82, 2.24) is 4.98 Å². The van der Waals surface area contributed by atoms with Gasteiger partial charge in [-0.2, -0.15) is 4.39 Å². The van der Waals surface area contributed by atoms with E-state index in [0.717, 1.165) is 0 Å². The maximum absolute atomic E-state index is 14.0. The Morgan fingerprint density at radius 2 is 2.26 bits per heavy atom. The number of pyridine rings is 1. The summed E-state index contributed by atoms with van der Waals surface area (Å²) in [7, 11) is -1.65. The summed E-state index contributed by atoms with van der Waals surface area (Å²) >= 11 is 5.86. The van der Waals surface area contributed by atoms with E-state index in [2.05, 4.69) is 4.98 Å². The van der Waals surface area contributed by atoms with Crippen molar-refractivity contribution in [3.05, 3.63) is 28.8 Å². The normalized spacial score (nSPS) is 30.2. The molecule has 0 amide bonds. The Labute approximate surface area is 116 Å². The summed E-state index contributed by atoms with van der Waals surface area (Å²) in [4.78, 5) is 3.59. The third kappa shape index (κ3) is 2.61. The summed E-state index contributed by atoms with van der Waals surface area (Å²) in [5.74, 6) is -1.10. The summed E-state index contributed by atoms with van der Waals surface area (Å²) in [5, 5.41) is 0.299. The second-order valence-electron chi connectivity index (χ2n) is 4.85. The lowest BCUT2D eigenvalue weighted by atomic mass is 9.81. The number of methoxy groups -OCH3 is 1. The van der Waals surface area contributed by atoms with Crippen molar-refractivity contribution in [1.29, 1.82) is 0 Å². The quantitative estimate of drug-likeness (QED) is 0.786. The molecule has 1 fully saturated rings. The monoisotopic (exact) mass is 307 g/mol. The van der Waals surface area contributed by atoms with Crippen LogP contribution in [0.2, 0.25) is 5.02 Å². The van der Waals surface area contributed by atoms with Crippen LogP contribution in [-0.4, -0.2) is 32.0 Å². The Balaban J connectivity index is 2.52. The van der Waals surface area contributed by atoms with Gasteiger partial charge in [-0.05, 0) is 12.5 Å². The van der Waals surface area contributed by atoms with E-state index in [1.165, 1.54) is 19.4 Å². The van der Waals surface area contributed by atoms with Gasteiger partial charge in [0, 0.05) is 24.8 Å². The predicted octanol–water partition coefficient (Wildman–Crippen LogP) is 2.17. The van der Waals surface area contributed by atoms with Crippen LogP contribution >= 0.6 is 11.6 Å². The molecule has 0 N–H and O–H groups in total. The maximum atomic E-state index is 14.0. The first-order valence-corrected chi connectivity index (χ1v) is 8.08.